The van der Waals surface area contributed by atoms with Gasteiger partial charge in [-0.25, -0.2) is 18.2 Å². The molecule has 1 aromatic heterocycles. The molecule has 0 bridgehead atoms. The molecule has 7 heteroatoms. The van der Waals surface area contributed by atoms with E-state index in [-0.39, 0.29) is 11.5 Å². The minimum Gasteiger partial charge on any atom is -0.381 e. The van der Waals surface area contributed by atoms with Gasteiger partial charge in [-0.15, -0.1) is 0 Å². The number of benzene rings is 1. The predicted molar refractivity (Wildman–Crippen MR) is 65.9 cm³/mol. The molecule has 2 aromatic rings. The van der Waals surface area contributed by atoms with Crippen LogP contribution in [0.1, 0.15) is 0 Å². The molecule has 0 saturated heterocycles. The second kappa shape index (κ2) is 4.85. The maximum atomic E-state index is 13.5. The molecule has 0 aliphatic rings. The van der Waals surface area contributed by atoms with Gasteiger partial charge in [0.1, 0.15) is 5.82 Å². The minimum absolute atomic E-state index is 0.00471. The fraction of sp³-hybridized carbons (Fsp3) is 0. The number of nitrogens with one attached hydrogen (secondary N) is 1. The van der Waals surface area contributed by atoms with Gasteiger partial charge < -0.3 is 11.1 Å². The van der Waals surface area contributed by atoms with Gasteiger partial charge in [0.05, 0.1) is 5.69 Å². The number of anilines is 3. The van der Waals surface area contributed by atoms with E-state index in [1.54, 1.807) is 6.07 Å². The van der Waals surface area contributed by atoms with Crippen LogP contribution in [0.5, 0.6) is 0 Å². The zero-order valence-electron chi connectivity index (χ0n) is 8.85. The first-order valence-corrected chi connectivity index (χ1v) is 5.61. The molecule has 0 amide bonds. The van der Waals surface area contributed by atoms with Crippen LogP contribution in [0.4, 0.5) is 30.5 Å². The lowest BCUT2D eigenvalue weighted by molar-refractivity contribution is 0.580. The van der Waals surface area contributed by atoms with E-state index in [1.165, 1.54) is 12.1 Å². The van der Waals surface area contributed by atoms with Crippen LogP contribution in [0.3, 0.4) is 0 Å². The Morgan fingerprint density at radius 1 is 1.11 bits per heavy atom. The molecule has 1 aromatic carbocycles. The van der Waals surface area contributed by atoms with Crippen LogP contribution in [0.15, 0.2) is 28.7 Å². The van der Waals surface area contributed by atoms with Crippen molar-refractivity contribution in [3.63, 3.8) is 0 Å². The average Bonchev–Trinajstić information content (AvgIpc) is 2.30. The Bertz CT molecular complexity index is 584. The number of pyridine rings is 1. The van der Waals surface area contributed by atoms with Crippen molar-refractivity contribution in [1.82, 2.24) is 4.98 Å². The van der Waals surface area contributed by atoms with Crippen LogP contribution >= 0.6 is 15.9 Å². The first kappa shape index (κ1) is 12.7. The van der Waals surface area contributed by atoms with E-state index in [0.29, 0.717) is 10.5 Å². The number of nitrogens with two attached hydrogens (primary N) is 1. The number of rotatable bonds is 2. The zero-order chi connectivity index (χ0) is 13.3. The number of para-hydroxylation sites is 1. The predicted octanol–water partition coefficient (Wildman–Crippen LogP) is 3.59. The first-order chi connectivity index (χ1) is 8.49. The van der Waals surface area contributed by atoms with E-state index in [4.69, 9.17) is 5.73 Å². The lowest BCUT2D eigenvalue weighted by Gasteiger charge is -2.10. The third-order valence-electron chi connectivity index (χ3n) is 2.16. The summed E-state index contributed by atoms with van der Waals surface area (Å²) < 4.78 is 40.2. The highest BCUT2D eigenvalue weighted by Gasteiger charge is 2.13. The number of nitrogens with zero attached hydrogens (tertiary/aromatic N) is 1. The molecule has 0 spiro atoms. The Labute approximate surface area is 109 Å². The van der Waals surface area contributed by atoms with E-state index in [1.807, 2.05) is 0 Å². The van der Waals surface area contributed by atoms with Crippen molar-refractivity contribution in [1.29, 1.82) is 0 Å². The third-order valence-corrected chi connectivity index (χ3v) is 2.82. The Morgan fingerprint density at radius 3 is 2.50 bits per heavy atom. The molecule has 3 N–H and O–H groups in total. The summed E-state index contributed by atoms with van der Waals surface area (Å²) in [5.74, 6) is -3.35. The van der Waals surface area contributed by atoms with Crippen molar-refractivity contribution >= 4 is 33.3 Å². The molecule has 0 aliphatic carbocycles. The summed E-state index contributed by atoms with van der Waals surface area (Å²) in [7, 11) is 0. The summed E-state index contributed by atoms with van der Waals surface area (Å²) in [6.07, 6.45) is 0. The number of halogens is 4. The van der Waals surface area contributed by atoms with Crippen LogP contribution in [-0.4, -0.2) is 4.98 Å². The Morgan fingerprint density at radius 2 is 1.83 bits per heavy atom. The summed E-state index contributed by atoms with van der Waals surface area (Å²) in [4.78, 5) is 3.48. The Balaban J connectivity index is 2.43. The van der Waals surface area contributed by atoms with Crippen molar-refractivity contribution in [2.75, 3.05) is 11.1 Å². The standard InChI is InChI=1S/C11H7BrF3N3/c12-5-2-1-3-6(13)9(5)17-11-8(15)4-7(14)10(16)18-11/h1-4H,(H3,16,17,18). The second-order valence-electron chi connectivity index (χ2n) is 3.41. The maximum absolute atomic E-state index is 13.5. The number of aromatic nitrogens is 1. The van der Waals surface area contributed by atoms with Crippen molar-refractivity contribution in [2.24, 2.45) is 0 Å². The van der Waals surface area contributed by atoms with Gasteiger partial charge >= 0.3 is 0 Å². The number of hydrogen-bond donors (Lipinski definition) is 2. The first-order valence-electron chi connectivity index (χ1n) is 4.81. The van der Waals surface area contributed by atoms with Gasteiger partial charge in [0.25, 0.3) is 0 Å². The van der Waals surface area contributed by atoms with Gasteiger partial charge in [-0.05, 0) is 28.1 Å². The van der Waals surface area contributed by atoms with Crippen LogP contribution < -0.4 is 11.1 Å². The zero-order valence-corrected chi connectivity index (χ0v) is 10.4. The number of hydrogen-bond acceptors (Lipinski definition) is 3. The molecule has 0 atom stereocenters. The largest absolute Gasteiger partial charge is 0.381 e. The lowest BCUT2D eigenvalue weighted by atomic mass is 10.3. The third kappa shape index (κ3) is 2.40. The molecule has 0 aliphatic heterocycles. The van der Waals surface area contributed by atoms with Gasteiger partial charge in [0.15, 0.2) is 23.3 Å². The van der Waals surface area contributed by atoms with Crippen LogP contribution in [-0.2, 0) is 0 Å². The molecular weight excluding hydrogens is 311 g/mol. The lowest BCUT2D eigenvalue weighted by Crippen LogP contribution is -2.04. The van der Waals surface area contributed by atoms with Gasteiger partial charge in [-0.1, -0.05) is 6.07 Å². The monoisotopic (exact) mass is 317 g/mol. The van der Waals surface area contributed by atoms with Gasteiger partial charge in [0.2, 0.25) is 0 Å². The summed E-state index contributed by atoms with van der Waals surface area (Å²) in [5, 5.41) is 2.42. The van der Waals surface area contributed by atoms with Gasteiger partial charge in [-0.2, -0.15) is 0 Å². The quantitative estimate of drug-likeness (QED) is 0.890. The van der Waals surface area contributed by atoms with Crippen molar-refractivity contribution in [3.05, 3.63) is 46.2 Å². The molecule has 18 heavy (non-hydrogen) atoms. The fourth-order valence-corrected chi connectivity index (χ4v) is 1.75. The molecule has 94 valence electrons. The Hall–Kier alpha value is -1.76. The van der Waals surface area contributed by atoms with Crippen LogP contribution in [0, 0.1) is 17.5 Å². The molecule has 1 heterocycles. The highest BCUT2D eigenvalue weighted by Crippen LogP contribution is 2.29. The highest BCUT2D eigenvalue weighted by atomic mass is 79.9. The average molecular weight is 318 g/mol. The van der Waals surface area contributed by atoms with Crippen molar-refractivity contribution in [3.8, 4) is 0 Å². The molecular formula is C11H7BrF3N3. The second-order valence-corrected chi connectivity index (χ2v) is 4.26. The van der Waals surface area contributed by atoms with Crippen molar-refractivity contribution in [2.45, 2.75) is 0 Å². The van der Waals surface area contributed by atoms with E-state index < -0.39 is 23.3 Å². The smallest absolute Gasteiger partial charge is 0.169 e. The van der Waals surface area contributed by atoms with Gasteiger partial charge in [-0.3, -0.25) is 0 Å². The van der Waals surface area contributed by atoms with Crippen LogP contribution in [0.2, 0.25) is 0 Å². The van der Waals surface area contributed by atoms with Gasteiger partial charge in [0, 0.05) is 10.5 Å². The SMILES string of the molecule is Nc1nc(Nc2c(F)cccc2Br)c(F)cc1F. The van der Waals surface area contributed by atoms with E-state index in [2.05, 4.69) is 26.2 Å². The molecule has 3 nitrogen and oxygen atoms in total. The fourth-order valence-electron chi connectivity index (χ4n) is 1.30. The topological polar surface area (TPSA) is 50.9 Å². The van der Waals surface area contributed by atoms with Crippen LogP contribution in [0.25, 0.3) is 0 Å². The Kier molecular flexibility index (Phi) is 3.42. The maximum Gasteiger partial charge on any atom is 0.169 e. The molecule has 0 radical (unpaired) electrons. The summed E-state index contributed by atoms with van der Waals surface area (Å²) >= 11 is 3.10. The van der Waals surface area contributed by atoms with E-state index in [9.17, 15) is 13.2 Å². The molecule has 0 unspecified atom stereocenters. The molecule has 0 fully saturated rings. The summed E-state index contributed by atoms with van der Waals surface area (Å²) in [6.45, 7) is 0. The minimum atomic E-state index is -0.967. The van der Waals surface area contributed by atoms with E-state index in [0.717, 1.165) is 0 Å². The molecule has 2 rings (SSSR count). The van der Waals surface area contributed by atoms with E-state index >= 15 is 0 Å². The van der Waals surface area contributed by atoms with Crippen molar-refractivity contribution < 1.29 is 13.2 Å². The summed E-state index contributed by atoms with van der Waals surface area (Å²) in [5.41, 5.74) is 5.22. The summed E-state index contributed by atoms with van der Waals surface area (Å²) in [6, 6.07) is 4.82. The number of nitrogen functional groups attached to an aromatic ring is 1. The highest BCUT2D eigenvalue weighted by molar-refractivity contribution is 9.10. The molecule has 0 saturated carbocycles. The normalized spacial score (nSPS) is 10.4.